The van der Waals surface area contributed by atoms with Gasteiger partial charge in [-0.3, -0.25) is 19.7 Å². The number of anilines is 1. The van der Waals surface area contributed by atoms with Crippen LogP contribution >= 0.6 is 0 Å². The number of carbonyl (C=O) groups excluding carboxylic acids is 3. The van der Waals surface area contributed by atoms with E-state index in [1.165, 1.54) is 31.2 Å². The topological polar surface area (TPSA) is 121 Å². The minimum Gasteiger partial charge on any atom is -0.326 e. The molecule has 0 spiro atoms. The minimum absolute atomic E-state index is 0.0358. The lowest BCUT2D eigenvalue weighted by Crippen LogP contribution is -2.52. The van der Waals surface area contributed by atoms with E-state index in [2.05, 4.69) is 15.4 Å². The highest BCUT2D eigenvalue weighted by molar-refractivity contribution is 7.89. The van der Waals surface area contributed by atoms with Crippen LogP contribution in [0.3, 0.4) is 0 Å². The molecule has 1 aromatic rings. The van der Waals surface area contributed by atoms with Crippen molar-refractivity contribution >= 4 is 33.4 Å². The molecule has 1 atom stereocenters. The van der Waals surface area contributed by atoms with Gasteiger partial charge in [-0.25, -0.2) is 8.42 Å². The molecule has 118 valence electrons. The monoisotopic (exact) mass is 325 g/mol. The summed E-state index contributed by atoms with van der Waals surface area (Å²) in [6.45, 7) is 1.34. The van der Waals surface area contributed by atoms with E-state index in [1.807, 2.05) is 0 Å². The van der Waals surface area contributed by atoms with Crippen LogP contribution in [0.15, 0.2) is 29.2 Å². The Labute approximate surface area is 127 Å². The number of rotatable bonds is 4. The first-order valence-electron chi connectivity index (χ1n) is 6.51. The third kappa shape index (κ3) is 3.89. The van der Waals surface area contributed by atoms with Gasteiger partial charge < -0.3 is 5.32 Å². The summed E-state index contributed by atoms with van der Waals surface area (Å²) in [6.07, 6.45) is 0.203. The summed E-state index contributed by atoms with van der Waals surface area (Å²) in [6, 6.07) is 4.55. The average molecular weight is 325 g/mol. The lowest BCUT2D eigenvalue weighted by molar-refractivity contribution is -0.134. The molecule has 0 aromatic heterocycles. The summed E-state index contributed by atoms with van der Waals surface area (Å²) in [5.41, 5.74) is 0.465. The van der Waals surface area contributed by atoms with Crippen molar-refractivity contribution < 1.29 is 22.8 Å². The summed E-state index contributed by atoms with van der Waals surface area (Å²) >= 11 is 0. The second-order valence-electron chi connectivity index (χ2n) is 4.83. The maximum atomic E-state index is 12.2. The van der Waals surface area contributed by atoms with Crippen molar-refractivity contribution in [3.05, 3.63) is 24.3 Å². The van der Waals surface area contributed by atoms with Crippen molar-refractivity contribution in [2.45, 2.75) is 30.7 Å². The summed E-state index contributed by atoms with van der Waals surface area (Å²) in [5, 5.41) is 4.60. The first-order chi connectivity index (χ1) is 10.3. The Morgan fingerprint density at radius 2 is 1.86 bits per heavy atom. The first kappa shape index (κ1) is 16.1. The van der Waals surface area contributed by atoms with E-state index in [4.69, 9.17) is 0 Å². The number of sulfonamides is 1. The fraction of sp³-hybridized carbons (Fsp3) is 0.308. The zero-order chi connectivity index (χ0) is 16.3. The number of benzene rings is 1. The molecule has 9 heteroatoms. The van der Waals surface area contributed by atoms with Gasteiger partial charge >= 0.3 is 0 Å². The Balaban J connectivity index is 2.11. The molecule has 1 aliphatic heterocycles. The molecule has 1 unspecified atom stereocenters. The predicted octanol–water partition coefficient (Wildman–Crippen LogP) is -0.271. The lowest BCUT2D eigenvalue weighted by atomic mass is 10.1. The van der Waals surface area contributed by atoms with Gasteiger partial charge in [-0.15, -0.1) is 0 Å². The van der Waals surface area contributed by atoms with Crippen LogP contribution < -0.4 is 15.4 Å². The molecule has 0 radical (unpaired) electrons. The van der Waals surface area contributed by atoms with Crippen LogP contribution in [0, 0.1) is 0 Å². The Hall–Kier alpha value is -2.26. The quantitative estimate of drug-likeness (QED) is 0.658. The van der Waals surface area contributed by atoms with Gasteiger partial charge in [0.15, 0.2) is 0 Å². The van der Waals surface area contributed by atoms with E-state index in [-0.39, 0.29) is 23.6 Å². The second kappa shape index (κ2) is 6.24. The van der Waals surface area contributed by atoms with Crippen molar-refractivity contribution in [3.63, 3.8) is 0 Å². The number of nitrogens with one attached hydrogen (secondary N) is 3. The largest absolute Gasteiger partial charge is 0.326 e. The van der Waals surface area contributed by atoms with E-state index < -0.39 is 27.9 Å². The van der Waals surface area contributed by atoms with Gasteiger partial charge in [0.05, 0.1) is 4.90 Å². The summed E-state index contributed by atoms with van der Waals surface area (Å²) < 4.78 is 26.7. The van der Waals surface area contributed by atoms with Crippen molar-refractivity contribution in [1.82, 2.24) is 10.0 Å². The van der Waals surface area contributed by atoms with Gasteiger partial charge in [0.25, 0.3) is 0 Å². The SMILES string of the molecule is CC(=O)Nc1ccc(S(=O)(=O)NC2CCC(=O)NC2=O)cc1. The van der Waals surface area contributed by atoms with Gasteiger partial charge in [-0.1, -0.05) is 0 Å². The number of piperidine rings is 1. The van der Waals surface area contributed by atoms with Gasteiger partial charge in [0.2, 0.25) is 27.7 Å². The van der Waals surface area contributed by atoms with Crippen LogP contribution in [0.1, 0.15) is 19.8 Å². The molecule has 8 nitrogen and oxygen atoms in total. The predicted molar refractivity (Wildman–Crippen MR) is 77.2 cm³/mol. The van der Waals surface area contributed by atoms with Gasteiger partial charge in [0.1, 0.15) is 6.04 Å². The molecule has 1 saturated heterocycles. The third-order valence-corrected chi connectivity index (χ3v) is 4.51. The fourth-order valence-electron chi connectivity index (χ4n) is 1.98. The molecule has 0 bridgehead atoms. The van der Waals surface area contributed by atoms with Crippen LogP contribution in [0.4, 0.5) is 5.69 Å². The maximum absolute atomic E-state index is 12.2. The van der Waals surface area contributed by atoms with Crippen LogP contribution in [0.2, 0.25) is 0 Å². The van der Waals surface area contributed by atoms with E-state index in [0.717, 1.165) is 0 Å². The number of hydrogen-bond acceptors (Lipinski definition) is 5. The van der Waals surface area contributed by atoms with E-state index in [0.29, 0.717) is 5.69 Å². The van der Waals surface area contributed by atoms with Crippen molar-refractivity contribution in [2.24, 2.45) is 0 Å². The third-order valence-electron chi connectivity index (χ3n) is 3.02. The van der Waals surface area contributed by atoms with E-state index in [1.54, 1.807) is 0 Å². The molecule has 1 fully saturated rings. The minimum atomic E-state index is -3.89. The molecule has 0 saturated carbocycles. The maximum Gasteiger partial charge on any atom is 0.244 e. The highest BCUT2D eigenvalue weighted by Gasteiger charge is 2.30. The number of imide groups is 1. The average Bonchev–Trinajstić information content (AvgIpc) is 2.42. The Kier molecular flexibility index (Phi) is 4.57. The van der Waals surface area contributed by atoms with Crippen molar-refractivity contribution in [2.75, 3.05) is 5.32 Å². The molecule has 3 N–H and O–H groups in total. The highest BCUT2D eigenvalue weighted by Crippen LogP contribution is 2.16. The van der Waals surface area contributed by atoms with E-state index >= 15 is 0 Å². The van der Waals surface area contributed by atoms with Gasteiger partial charge in [-0.05, 0) is 30.7 Å². The van der Waals surface area contributed by atoms with Crippen LogP contribution in [-0.2, 0) is 24.4 Å². The molecule has 0 aliphatic carbocycles. The zero-order valence-electron chi connectivity index (χ0n) is 11.8. The summed E-state index contributed by atoms with van der Waals surface area (Å²) in [5.74, 6) is -1.34. The van der Waals surface area contributed by atoms with Gasteiger partial charge in [0, 0.05) is 19.0 Å². The zero-order valence-corrected chi connectivity index (χ0v) is 12.6. The van der Waals surface area contributed by atoms with Crippen LogP contribution in [0.25, 0.3) is 0 Å². The van der Waals surface area contributed by atoms with Crippen molar-refractivity contribution in [3.8, 4) is 0 Å². The van der Waals surface area contributed by atoms with Crippen LogP contribution in [-0.4, -0.2) is 32.2 Å². The molecule has 2 rings (SSSR count). The molecule has 1 aliphatic rings. The van der Waals surface area contributed by atoms with E-state index in [9.17, 15) is 22.8 Å². The van der Waals surface area contributed by atoms with Crippen molar-refractivity contribution in [1.29, 1.82) is 0 Å². The fourth-order valence-corrected chi connectivity index (χ4v) is 3.21. The lowest BCUT2D eigenvalue weighted by Gasteiger charge is -2.21. The molecular formula is C13H15N3O5S. The molecule has 22 heavy (non-hydrogen) atoms. The number of carbonyl (C=O) groups is 3. The molecule has 3 amide bonds. The Morgan fingerprint density at radius 1 is 1.23 bits per heavy atom. The Bertz CT molecular complexity index is 712. The standard InChI is InChI=1S/C13H15N3O5S/c1-8(17)14-9-2-4-10(5-3-9)22(20,21)16-11-6-7-12(18)15-13(11)19/h2-5,11,16H,6-7H2,1H3,(H,14,17)(H,15,18,19). The smallest absolute Gasteiger partial charge is 0.244 e. The summed E-state index contributed by atoms with van der Waals surface area (Å²) in [7, 11) is -3.89. The highest BCUT2D eigenvalue weighted by atomic mass is 32.2. The summed E-state index contributed by atoms with van der Waals surface area (Å²) in [4.78, 5) is 33.5. The Morgan fingerprint density at radius 3 is 2.41 bits per heavy atom. The van der Waals surface area contributed by atoms with Crippen LogP contribution in [0.5, 0.6) is 0 Å². The molecule has 1 heterocycles. The number of amides is 3. The normalized spacial score (nSPS) is 18.7. The molecule has 1 aromatic carbocycles. The second-order valence-corrected chi connectivity index (χ2v) is 6.54. The molecular weight excluding hydrogens is 310 g/mol. The number of hydrogen-bond donors (Lipinski definition) is 3. The van der Waals surface area contributed by atoms with Gasteiger partial charge in [-0.2, -0.15) is 4.72 Å². The first-order valence-corrected chi connectivity index (χ1v) is 8.00.